The molecule has 0 heterocycles. The summed E-state index contributed by atoms with van der Waals surface area (Å²) in [6, 6.07) is 7.40. The number of hydrogen-bond donors (Lipinski definition) is 1. The maximum atomic E-state index is 12.2. The zero-order valence-corrected chi connectivity index (χ0v) is 28.8. The highest BCUT2D eigenvalue weighted by atomic mass is 35.5. The topological polar surface area (TPSA) is 29.1 Å². The molecule has 0 aromatic heterocycles. The molecule has 2 nitrogen and oxygen atoms in total. The van der Waals surface area contributed by atoms with Gasteiger partial charge in [-0.2, -0.15) is 0 Å². The van der Waals surface area contributed by atoms with Crippen LogP contribution in [0, 0.1) is 0 Å². The van der Waals surface area contributed by atoms with Gasteiger partial charge in [0.1, 0.15) is 0 Å². The quantitative estimate of drug-likeness (QED) is 0.0639. The van der Waals surface area contributed by atoms with E-state index >= 15 is 0 Å². The number of benzene rings is 1. The summed E-state index contributed by atoms with van der Waals surface area (Å²) in [5.41, 5.74) is 0.682. The number of Topliss-reactive ketones (excluding diaryl/α,β-unsaturated/α-hetero) is 1. The molecule has 0 atom stereocenters. The van der Waals surface area contributed by atoms with E-state index in [4.69, 9.17) is 11.6 Å². The highest BCUT2D eigenvalue weighted by molar-refractivity contribution is 6.33. The van der Waals surface area contributed by atoms with Crippen LogP contribution in [0.1, 0.15) is 203 Å². The molecule has 1 N–H and O–H groups in total. The average molecular weight is 604 g/mol. The molecule has 0 fully saturated rings. The first-order valence-electron chi connectivity index (χ1n) is 18.7. The largest absolute Gasteiger partial charge is 0.317 e. The maximum Gasteiger partial charge on any atom is 0.164 e. The van der Waals surface area contributed by atoms with Gasteiger partial charge in [0.2, 0.25) is 0 Å². The van der Waals surface area contributed by atoms with E-state index in [1.165, 1.54) is 180 Å². The molecule has 0 aliphatic carbocycles. The second kappa shape index (κ2) is 31.6. The summed E-state index contributed by atoms with van der Waals surface area (Å²) in [6.45, 7) is 4.74. The molecule has 0 unspecified atom stereocenters. The lowest BCUT2D eigenvalue weighted by atomic mass is 10.0. The Bertz CT molecular complexity index is 705. The van der Waals surface area contributed by atoms with Gasteiger partial charge in [0.15, 0.2) is 5.78 Å². The van der Waals surface area contributed by atoms with Crippen molar-refractivity contribution in [2.45, 2.75) is 193 Å². The van der Waals surface area contributed by atoms with Crippen LogP contribution in [0.4, 0.5) is 0 Å². The lowest BCUT2D eigenvalue weighted by Crippen LogP contribution is -2.16. The summed E-state index contributed by atoms with van der Waals surface area (Å²) in [4.78, 5) is 12.2. The van der Waals surface area contributed by atoms with Crippen LogP contribution < -0.4 is 5.32 Å². The van der Waals surface area contributed by atoms with Crippen LogP contribution in [0.5, 0.6) is 0 Å². The molecule has 0 saturated heterocycles. The minimum Gasteiger partial charge on any atom is -0.317 e. The SMILES string of the molecule is CCCCCCCCCCCCCCCCNCCCCCCCCCCCCCCCCC(=O)c1ccccc1Cl. The van der Waals surface area contributed by atoms with Gasteiger partial charge in [-0.15, -0.1) is 0 Å². The molecule has 0 aliphatic heterocycles. The van der Waals surface area contributed by atoms with Gasteiger partial charge in [0.25, 0.3) is 0 Å². The fourth-order valence-electron chi connectivity index (χ4n) is 6.05. The summed E-state index contributed by atoms with van der Waals surface area (Å²) in [5, 5.41) is 4.25. The number of carbonyl (C=O) groups excluding carboxylic acids is 1. The Labute approximate surface area is 267 Å². The van der Waals surface area contributed by atoms with Crippen molar-refractivity contribution >= 4 is 17.4 Å². The summed E-state index contributed by atoms with van der Waals surface area (Å²) in [5.74, 6) is 0.188. The van der Waals surface area contributed by atoms with Crippen molar-refractivity contribution in [3.05, 3.63) is 34.9 Å². The van der Waals surface area contributed by atoms with E-state index < -0.39 is 0 Å². The summed E-state index contributed by atoms with van der Waals surface area (Å²) in [7, 11) is 0. The second-order valence-corrected chi connectivity index (χ2v) is 13.4. The Kier molecular flexibility index (Phi) is 29.4. The Morgan fingerprint density at radius 3 is 1.21 bits per heavy atom. The molecule has 1 aromatic carbocycles. The van der Waals surface area contributed by atoms with E-state index in [0.717, 1.165) is 12.8 Å². The predicted octanol–water partition coefficient (Wildman–Crippen LogP) is 13.4. The van der Waals surface area contributed by atoms with Gasteiger partial charge in [-0.3, -0.25) is 4.79 Å². The number of halogens is 1. The van der Waals surface area contributed by atoms with Gasteiger partial charge in [0, 0.05) is 12.0 Å². The Balaban J connectivity index is 1.67. The molecule has 3 heteroatoms. The standard InChI is InChI=1S/C39H70ClNO/c1-2-3-4-5-6-7-8-9-13-16-19-22-25-30-35-41-36-31-26-23-20-17-14-11-10-12-15-18-21-24-27-34-39(42)37-32-28-29-33-38(37)40/h28-29,32-33,41H,2-27,30-31,34-36H2,1H3. The first-order valence-corrected chi connectivity index (χ1v) is 19.1. The number of carbonyl (C=O) groups is 1. The molecule has 1 aromatic rings. The Hall–Kier alpha value is -0.860. The molecule has 0 amide bonds. The van der Waals surface area contributed by atoms with Crippen LogP contribution in [-0.4, -0.2) is 18.9 Å². The molecule has 42 heavy (non-hydrogen) atoms. The molecular weight excluding hydrogens is 534 g/mol. The summed E-state index contributed by atoms with van der Waals surface area (Å²) >= 11 is 6.12. The van der Waals surface area contributed by atoms with E-state index in [2.05, 4.69) is 12.2 Å². The molecular formula is C39H70ClNO. The van der Waals surface area contributed by atoms with E-state index in [9.17, 15) is 4.79 Å². The van der Waals surface area contributed by atoms with Crippen LogP contribution >= 0.6 is 11.6 Å². The van der Waals surface area contributed by atoms with E-state index in [1.54, 1.807) is 6.07 Å². The van der Waals surface area contributed by atoms with Crippen LogP contribution in [0.25, 0.3) is 0 Å². The minimum absolute atomic E-state index is 0.188. The lowest BCUT2D eigenvalue weighted by molar-refractivity contribution is 0.0979. The smallest absolute Gasteiger partial charge is 0.164 e. The van der Waals surface area contributed by atoms with Crippen molar-refractivity contribution < 1.29 is 4.79 Å². The molecule has 0 saturated carbocycles. The molecule has 0 radical (unpaired) electrons. The predicted molar refractivity (Wildman–Crippen MR) is 188 cm³/mol. The highest BCUT2D eigenvalue weighted by Gasteiger charge is 2.08. The normalized spacial score (nSPS) is 11.4. The molecule has 244 valence electrons. The zero-order chi connectivity index (χ0) is 30.2. The maximum absolute atomic E-state index is 12.2. The molecule has 0 aliphatic rings. The second-order valence-electron chi connectivity index (χ2n) is 12.9. The van der Waals surface area contributed by atoms with E-state index in [1.807, 2.05) is 18.2 Å². The van der Waals surface area contributed by atoms with Crippen molar-refractivity contribution in [3.63, 3.8) is 0 Å². The average Bonchev–Trinajstić information content (AvgIpc) is 3.00. The van der Waals surface area contributed by atoms with Gasteiger partial charge in [0.05, 0.1) is 5.02 Å². The van der Waals surface area contributed by atoms with Crippen molar-refractivity contribution in [1.29, 1.82) is 0 Å². The van der Waals surface area contributed by atoms with Crippen molar-refractivity contribution in [1.82, 2.24) is 5.32 Å². The number of nitrogens with one attached hydrogen (secondary N) is 1. The third-order valence-electron chi connectivity index (χ3n) is 8.89. The number of rotatable bonds is 33. The van der Waals surface area contributed by atoms with E-state index in [-0.39, 0.29) is 5.78 Å². The van der Waals surface area contributed by atoms with Crippen molar-refractivity contribution in [3.8, 4) is 0 Å². The van der Waals surface area contributed by atoms with Gasteiger partial charge in [-0.1, -0.05) is 191 Å². The minimum atomic E-state index is 0.188. The van der Waals surface area contributed by atoms with Crippen LogP contribution in [0.15, 0.2) is 24.3 Å². The van der Waals surface area contributed by atoms with Gasteiger partial charge in [-0.05, 0) is 44.5 Å². The van der Waals surface area contributed by atoms with E-state index in [0.29, 0.717) is 17.0 Å². The molecule has 1 rings (SSSR count). The number of hydrogen-bond acceptors (Lipinski definition) is 2. The van der Waals surface area contributed by atoms with Crippen molar-refractivity contribution in [2.75, 3.05) is 13.1 Å². The third kappa shape index (κ3) is 25.6. The van der Waals surface area contributed by atoms with Gasteiger partial charge >= 0.3 is 0 Å². The summed E-state index contributed by atoms with van der Waals surface area (Å²) < 4.78 is 0. The number of ketones is 1. The Morgan fingerprint density at radius 1 is 0.500 bits per heavy atom. The van der Waals surface area contributed by atoms with Crippen molar-refractivity contribution in [2.24, 2.45) is 0 Å². The lowest BCUT2D eigenvalue weighted by Gasteiger charge is -2.06. The fraction of sp³-hybridized carbons (Fsp3) is 0.821. The first-order chi connectivity index (χ1) is 20.8. The highest BCUT2D eigenvalue weighted by Crippen LogP contribution is 2.19. The van der Waals surface area contributed by atoms with Crippen LogP contribution in [0.3, 0.4) is 0 Å². The molecule has 0 bridgehead atoms. The third-order valence-corrected chi connectivity index (χ3v) is 9.22. The van der Waals surface area contributed by atoms with Gasteiger partial charge < -0.3 is 5.32 Å². The van der Waals surface area contributed by atoms with Crippen LogP contribution in [0.2, 0.25) is 5.02 Å². The molecule has 0 spiro atoms. The zero-order valence-electron chi connectivity index (χ0n) is 28.0. The van der Waals surface area contributed by atoms with Crippen LogP contribution in [-0.2, 0) is 0 Å². The monoisotopic (exact) mass is 604 g/mol. The fourth-order valence-corrected chi connectivity index (χ4v) is 6.29. The summed E-state index contributed by atoms with van der Waals surface area (Å²) in [6.07, 6.45) is 39.5. The first kappa shape index (κ1) is 39.2. The number of unbranched alkanes of at least 4 members (excludes halogenated alkanes) is 26. The Morgan fingerprint density at radius 2 is 0.833 bits per heavy atom. The van der Waals surface area contributed by atoms with Gasteiger partial charge in [-0.25, -0.2) is 0 Å².